The van der Waals surface area contributed by atoms with Crippen LogP contribution in [0.1, 0.15) is 18.1 Å². The fourth-order valence-electron chi connectivity index (χ4n) is 1.89. The van der Waals surface area contributed by atoms with E-state index in [0.717, 1.165) is 15.6 Å². The molecule has 0 spiro atoms. The van der Waals surface area contributed by atoms with Crippen LogP contribution in [0.3, 0.4) is 0 Å². The smallest absolute Gasteiger partial charge is 0.228 e. The fraction of sp³-hybridized carbons (Fsp3) is 0.125. The molecule has 4 nitrogen and oxygen atoms in total. The van der Waals surface area contributed by atoms with Crippen LogP contribution in [0.15, 0.2) is 58.2 Å². The van der Waals surface area contributed by atoms with Crippen molar-refractivity contribution in [2.45, 2.75) is 13.3 Å². The van der Waals surface area contributed by atoms with Crippen LogP contribution >= 0.6 is 15.9 Å². The fourth-order valence-corrected chi connectivity index (χ4v) is 2.34. The molecule has 0 unspecified atom stereocenters. The second-order valence-corrected chi connectivity index (χ2v) is 5.53. The SMILES string of the molecule is CC(=NO)c1ccc(NC(=O)Cc2cccc(Br)c2)cc1. The summed E-state index contributed by atoms with van der Waals surface area (Å²) < 4.78 is 0.955. The third-order valence-corrected chi connectivity index (χ3v) is 3.48. The summed E-state index contributed by atoms with van der Waals surface area (Å²) in [7, 11) is 0. The Morgan fingerprint density at radius 3 is 2.57 bits per heavy atom. The second-order valence-electron chi connectivity index (χ2n) is 4.62. The Morgan fingerprint density at radius 2 is 1.95 bits per heavy atom. The molecule has 1 amide bonds. The first kappa shape index (κ1) is 15.3. The van der Waals surface area contributed by atoms with E-state index >= 15 is 0 Å². The summed E-state index contributed by atoms with van der Waals surface area (Å²) in [6.45, 7) is 1.71. The van der Waals surface area contributed by atoms with Crippen LogP contribution in [0.5, 0.6) is 0 Å². The molecule has 2 aromatic carbocycles. The summed E-state index contributed by atoms with van der Waals surface area (Å²) >= 11 is 3.38. The van der Waals surface area contributed by atoms with Crippen LogP contribution in [0, 0.1) is 0 Å². The zero-order chi connectivity index (χ0) is 15.2. The number of carbonyl (C=O) groups is 1. The first-order chi connectivity index (χ1) is 10.1. The molecule has 0 saturated carbocycles. The van der Waals surface area contributed by atoms with Gasteiger partial charge in [0.05, 0.1) is 12.1 Å². The predicted molar refractivity (Wildman–Crippen MR) is 86.9 cm³/mol. The standard InChI is InChI=1S/C16H15BrN2O2/c1-11(19-21)13-5-7-15(8-6-13)18-16(20)10-12-3-2-4-14(17)9-12/h2-9,21H,10H2,1H3,(H,18,20). The van der Waals surface area contributed by atoms with Crippen molar-refractivity contribution in [2.24, 2.45) is 5.16 Å². The maximum atomic E-state index is 12.0. The number of rotatable bonds is 4. The topological polar surface area (TPSA) is 61.7 Å². The van der Waals surface area contributed by atoms with Crippen molar-refractivity contribution in [3.8, 4) is 0 Å². The van der Waals surface area contributed by atoms with Gasteiger partial charge in [0.15, 0.2) is 0 Å². The van der Waals surface area contributed by atoms with Gasteiger partial charge in [-0.15, -0.1) is 0 Å². The predicted octanol–water partition coefficient (Wildman–Crippen LogP) is 3.83. The minimum atomic E-state index is -0.0756. The lowest BCUT2D eigenvalue weighted by molar-refractivity contribution is -0.115. The van der Waals surface area contributed by atoms with Crippen molar-refractivity contribution in [3.05, 3.63) is 64.1 Å². The first-order valence-electron chi connectivity index (χ1n) is 6.42. The largest absolute Gasteiger partial charge is 0.411 e. The molecule has 0 aliphatic rings. The molecule has 2 aromatic rings. The number of halogens is 1. The Balaban J connectivity index is 2.00. The van der Waals surface area contributed by atoms with Crippen molar-refractivity contribution >= 4 is 33.2 Å². The van der Waals surface area contributed by atoms with Gasteiger partial charge < -0.3 is 10.5 Å². The van der Waals surface area contributed by atoms with Crippen LogP contribution in [-0.2, 0) is 11.2 Å². The van der Waals surface area contributed by atoms with E-state index in [9.17, 15) is 4.79 Å². The Morgan fingerprint density at radius 1 is 1.24 bits per heavy atom. The third kappa shape index (κ3) is 4.43. The van der Waals surface area contributed by atoms with Crippen LogP contribution < -0.4 is 5.32 Å². The van der Waals surface area contributed by atoms with Gasteiger partial charge in [-0.3, -0.25) is 4.79 Å². The zero-order valence-corrected chi connectivity index (χ0v) is 13.1. The highest BCUT2D eigenvalue weighted by molar-refractivity contribution is 9.10. The molecule has 0 aliphatic carbocycles. The van der Waals surface area contributed by atoms with Gasteiger partial charge in [-0.2, -0.15) is 0 Å². The van der Waals surface area contributed by atoms with E-state index in [4.69, 9.17) is 5.21 Å². The molecule has 0 aliphatic heterocycles. The number of oxime groups is 1. The highest BCUT2D eigenvalue weighted by atomic mass is 79.9. The number of hydrogen-bond donors (Lipinski definition) is 2. The first-order valence-corrected chi connectivity index (χ1v) is 7.21. The number of nitrogens with zero attached hydrogens (tertiary/aromatic N) is 1. The zero-order valence-electron chi connectivity index (χ0n) is 11.5. The van der Waals surface area contributed by atoms with E-state index in [1.165, 1.54) is 0 Å². The van der Waals surface area contributed by atoms with Crippen LogP contribution in [-0.4, -0.2) is 16.8 Å². The molecular formula is C16H15BrN2O2. The van der Waals surface area contributed by atoms with E-state index in [1.807, 2.05) is 24.3 Å². The van der Waals surface area contributed by atoms with Crippen LogP contribution in [0.25, 0.3) is 0 Å². The molecule has 5 heteroatoms. The average molecular weight is 347 g/mol. The lowest BCUT2D eigenvalue weighted by atomic mass is 10.1. The third-order valence-electron chi connectivity index (χ3n) is 2.99. The Bertz CT molecular complexity index is 666. The van der Waals surface area contributed by atoms with Gasteiger partial charge in [0.1, 0.15) is 0 Å². The number of amides is 1. The highest BCUT2D eigenvalue weighted by Gasteiger charge is 2.05. The second kappa shape index (κ2) is 7.04. The van der Waals surface area contributed by atoms with Crippen LogP contribution in [0.4, 0.5) is 5.69 Å². The van der Waals surface area contributed by atoms with Gasteiger partial charge in [0.2, 0.25) is 5.91 Å². The van der Waals surface area contributed by atoms with E-state index in [1.54, 1.807) is 31.2 Å². The highest BCUT2D eigenvalue weighted by Crippen LogP contribution is 2.14. The van der Waals surface area contributed by atoms with Crippen molar-refractivity contribution in [2.75, 3.05) is 5.32 Å². The van der Waals surface area contributed by atoms with Gasteiger partial charge in [-0.05, 0) is 42.3 Å². The number of anilines is 1. The molecule has 2 N–H and O–H groups in total. The quantitative estimate of drug-likeness (QED) is 0.502. The molecule has 2 rings (SSSR count). The normalized spacial score (nSPS) is 11.2. The molecule has 21 heavy (non-hydrogen) atoms. The number of carbonyl (C=O) groups excluding carboxylic acids is 1. The Kier molecular flexibility index (Phi) is 5.11. The molecule has 0 fully saturated rings. The van der Waals surface area contributed by atoms with E-state index in [2.05, 4.69) is 26.4 Å². The molecule has 0 radical (unpaired) electrons. The van der Waals surface area contributed by atoms with E-state index in [0.29, 0.717) is 17.8 Å². The summed E-state index contributed by atoms with van der Waals surface area (Å²) in [5, 5.41) is 14.7. The van der Waals surface area contributed by atoms with Crippen LogP contribution in [0.2, 0.25) is 0 Å². The molecule has 108 valence electrons. The molecule has 0 bridgehead atoms. The Labute approximate surface area is 131 Å². The summed E-state index contributed by atoms with van der Waals surface area (Å²) in [4.78, 5) is 12.0. The van der Waals surface area contributed by atoms with Crippen molar-refractivity contribution < 1.29 is 10.0 Å². The van der Waals surface area contributed by atoms with Crippen molar-refractivity contribution in [3.63, 3.8) is 0 Å². The minimum Gasteiger partial charge on any atom is -0.411 e. The van der Waals surface area contributed by atoms with Gasteiger partial charge in [-0.25, -0.2) is 0 Å². The molecule has 0 heterocycles. The van der Waals surface area contributed by atoms with Crippen molar-refractivity contribution in [1.29, 1.82) is 0 Å². The minimum absolute atomic E-state index is 0.0756. The number of nitrogens with one attached hydrogen (secondary N) is 1. The Hall–Kier alpha value is -2.14. The molecule has 0 aromatic heterocycles. The lowest BCUT2D eigenvalue weighted by Crippen LogP contribution is -2.14. The number of benzene rings is 2. The van der Waals surface area contributed by atoms with Crippen molar-refractivity contribution in [1.82, 2.24) is 0 Å². The van der Waals surface area contributed by atoms with Gasteiger partial charge in [0, 0.05) is 10.2 Å². The maximum Gasteiger partial charge on any atom is 0.228 e. The van der Waals surface area contributed by atoms with E-state index in [-0.39, 0.29) is 5.91 Å². The summed E-state index contributed by atoms with van der Waals surface area (Å²) in [6.07, 6.45) is 0.318. The summed E-state index contributed by atoms with van der Waals surface area (Å²) in [6, 6.07) is 14.8. The lowest BCUT2D eigenvalue weighted by Gasteiger charge is -2.06. The number of hydrogen-bond acceptors (Lipinski definition) is 3. The summed E-state index contributed by atoms with van der Waals surface area (Å²) in [5.41, 5.74) is 3.00. The summed E-state index contributed by atoms with van der Waals surface area (Å²) in [5.74, 6) is -0.0756. The maximum absolute atomic E-state index is 12.0. The monoisotopic (exact) mass is 346 g/mol. The van der Waals surface area contributed by atoms with E-state index < -0.39 is 0 Å². The van der Waals surface area contributed by atoms with Gasteiger partial charge in [0.25, 0.3) is 0 Å². The van der Waals surface area contributed by atoms with Gasteiger partial charge >= 0.3 is 0 Å². The molecule has 0 atom stereocenters. The molecule has 0 saturated heterocycles. The average Bonchev–Trinajstić information content (AvgIpc) is 2.47. The van der Waals surface area contributed by atoms with Gasteiger partial charge in [-0.1, -0.05) is 45.4 Å². The molecular weight excluding hydrogens is 332 g/mol.